The summed E-state index contributed by atoms with van der Waals surface area (Å²) in [6.07, 6.45) is 5.86. The zero-order chi connectivity index (χ0) is 16.0. The molecule has 0 unspecified atom stereocenters. The van der Waals surface area contributed by atoms with Crippen LogP contribution >= 0.6 is 11.6 Å². The van der Waals surface area contributed by atoms with E-state index in [2.05, 4.69) is 47.0 Å². The van der Waals surface area contributed by atoms with Crippen LogP contribution in [0.15, 0.2) is 36.8 Å². The molecule has 0 radical (unpaired) electrons. The number of imidazole rings is 1. The van der Waals surface area contributed by atoms with Crippen LogP contribution in [0.2, 0.25) is 5.02 Å². The van der Waals surface area contributed by atoms with E-state index in [0.717, 1.165) is 36.6 Å². The first kappa shape index (κ1) is 17.0. The quantitative estimate of drug-likeness (QED) is 0.735. The van der Waals surface area contributed by atoms with Crippen LogP contribution in [0, 0.1) is 0 Å². The predicted octanol–water partition coefficient (Wildman–Crippen LogP) is 2.95. The molecule has 5 heteroatoms. The second kappa shape index (κ2) is 7.77. The number of hydrogen-bond acceptors (Lipinski definition) is 3. The van der Waals surface area contributed by atoms with Gasteiger partial charge in [0.2, 0.25) is 0 Å². The highest BCUT2D eigenvalue weighted by molar-refractivity contribution is 6.30. The Bertz CT molecular complexity index is 575. The molecule has 120 valence electrons. The molecule has 0 bridgehead atoms. The minimum atomic E-state index is -0.0652. The van der Waals surface area contributed by atoms with Crippen molar-refractivity contribution in [1.82, 2.24) is 14.9 Å². The number of aryl methyl sites for hydroxylation is 1. The second-order valence-electron chi connectivity index (χ2n) is 6.05. The highest BCUT2D eigenvalue weighted by Crippen LogP contribution is 2.21. The molecule has 0 amide bonds. The summed E-state index contributed by atoms with van der Waals surface area (Å²) in [5.41, 5.74) is 7.78. The maximum Gasteiger partial charge on any atom is 0.0949 e. The Morgan fingerprint density at radius 1 is 1.27 bits per heavy atom. The van der Waals surface area contributed by atoms with Gasteiger partial charge in [-0.1, -0.05) is 23.7 Å². The van der Waals surface area contributed by atoms with E-state index < -0.39 is 0 Å². The Hall–Kier alpha value is -1.36. The number of rotatable bonds is 8. The van der Waals surface area contributed by atoms with Gasteiger partial charge in [0.05, 0.1) is 12.0 Å². The number of aromatic nitrogens is 2. The van der Waals surface area contributed by atoms with Crippen molar-refractivity contribution in [3.05, 3.63) is 53.1 Å². The van der Waals surface area contributed by atoms with Crippen molar-refractivity contribution in [3.8, 4) is 0 Å². The fourth-order valence-electron chi connectivity index (χ4n) is 2.44. The third-order valence-corrected chi connectivity index (χ3v) is 4.07. The van der Waals surface area contributed by atoms with Gasteiger partial charge >= 0.3 is 0 Å². The monoisotopic (exact) mass is 320 g/mol. The van der Waals surface area contributed by atoms with Crippen LogP contribution in [0.4, 0.5) is 0 Å². The van der Waals surface area contributed by atoms with Gasteiger partial charge in [0.1, 0.15) is 0 Å². The minimum absolute atomic E-state index is 0.0652. The normalized spacial score (nSPS) is 11.8. The van der Waals surface area contributed by atoms with Crippen molar-refractivity contribution in [3.63, 3.8) is 0 Å². The van der Waals surface area contributed by atoms with Gasteiger partial charge in [-0.25, -0.2) is 4.98 Å². The molecule has 3 N–H and O–H groups in total. The Kier molecular flexibility index (Phi) is 6.00. The van der Waals surface area contributed by atoms with Crippen LogP contribution in [0.5, 0.6) is 0 Å². The molecule has 0 aliphatic carbocycles. The lowest BCUT2D eigenvalue weighted by Crippen LogP contribution is -2.37. The van der Waals surface area contributed by atoms with Gasteiger partial charge in [0, 0.05) is 29.7 Å². The van der Waals surface area contributed by atoms with E-state index in [0.29, 0.717) is 6.54 Å². The Morgan fingerprint density at radius 2 is 2.00 bits per heavy atom. The molecule has 1 heterocycles. The van der Waals surface area contributed by atoms with Gasteiger partial charge in [0.25, 0.3) is 0 Å². The Morgan fingerprint density at radius 3 is 2.68 bits per heavy atom. The van der Waals surface area contributed by atoms with Gasteiger partial charge in [0.15, 0.2) is 0 Å². The Labute approximate surface area is 137 Å². The van der Waals surface area contributed by atoms with Crippen LogP contribution in [0.25, 0.3) is 0 Å². The molecular weight excluding hydrogens is 296 g/mol. The average Bonchev–Trinajstić information content (AvgIpc) is 2.92. The summed E-state index contributed by atoms with van der Waals surface area (Å²) in [6, 6.07) is 8.02. The van der Waals surface area contributed by atoms with Crippen LogP contribution in [0.3, 0.4) is 0 Å². The van der Waals surface area contributed by atoms with E-state index >= 15 is 0 Å². The zero-order valence-electron chi connectivity index (χ0n) is 13.3. The van der Waals surface area contributed by atoms with Crippen molar-refractivity contribution in [2.75, 3.05) is 13.1 Å². The average molecular weight is 321 g/mol. The Balaban J connectivity index is 1.78. The zero-order valence-corrected chi connectivity index (χ0v) is 14.1. The first-order valence-electron chi connectivity index (χ1n) is 7.73. The molecule has 0 fully saturated rings. The molecule has 0 saturated carbocycles. The summed E-state index contributed by atoms with van der Waals surface area (Å²) in [7, 11) is 0. The second-order valence-corrected chi connectivity index (χ2v) is 6.49. The highest BCUT2D eigenvalue weighted by Gasteiger charge is 2.18. The first-order chi connectivity index (χ1) is 10.5. The maximum absolute atomic E-state index is 5.94. The highest BCUT2D eigenvalue weighted by atomic mass is 35.5. The minimum Gasteiger partial charge on any atom is -0.337 e. The van der Waals surface area contributed by atoms with Gasteiger partial charge < -0.3 is 15.6 Å². The fourth-order valence-corrected chi connectivity index (χ4v) is 2.56. The molecule has 2 aromatic rings. The number of benzene rings is 1. The van der Waals surface area contributed by atoms with Gasteiger partial charge in [-0.15, -0.1) is 0 Å². The summed E-state index contributed by atoms with van der Waals surface area (Å²) < 4.78 is 2.13. The smallest absolute Gasteiger partial charge is 0.0949 e. The molecule has 2 rings (SSSR count). The number of nitrogens with one attached hydrogen (secondary N) is 1. The molecular formula is C17H25ClN4. The summed E-state index contributed by atoms with van der Waals surface area (Å²) in [5.74, 6) is 0. The first-order valence-corrected chi connectivity index (χ1v) is 8.11. The molecule has 0 spiro atoms. The lowest BCUT2D eigenvalue weighted by Gasteiger charge is -2.27. The molecule has 0 saturated heterocycles. The molecule has 1 aromatic carbocycles. The molecule has 1 aromatic heterocycles. The van der Waals surface area contributed by atoms with Crippen molar-refractivity contribution in [2.45, 2.75) is 38.8 Å². The van der Waals surface area contributed by atoms with E-state index in [1.807, 2.05) is 18.5 Å². The van der Waals surface area contributed by atoms with E-state index in [9.17, 15) is 0 Å². The van der Waals surface area contributed by atoms with Gasteiger partial charge in [-0.05, 0) is 51.1 Å². The van der Waals surface area contributed by atoms with Crippen molar-refractivity contribution in [2.24, 2.45) is 5.73 Å². The molecule has 0 aliphatic rings. The number of nitrogens with zero attached hydrogens (tertiary/aromatic N) is 2. The van der Waals surface area contributed by atoms with Crippen LogP contribution in [-0.2, 0) is 18.5 Å². The standard InChI is InChI=1S/C17H25ClN4/c1-17(2,14-4-6-15(18)7-5-14)21-10-3-11-22-12-16(8-9-19)20-13-22/h4-7,12-13,21H,3,8-11,19H2,1-2H3. The van der Waals surface area contributed by atoms with E-state index in [1.165, 1.54) is 5.56 Å². The molecule has 0 atom stereocenters. The van der Waals surface area contributed by atoms with E-state index in [1.54, 1.807) is 0 Å². The molecule has 22 heavy (non-hydrogen) atoms. The van der Waals surface area contributed by atoms with Crippen molar-refractivity contribution in [1.29, 1.82) is 0 Å². The SMILES string of the molecule is CC(C)(NCCCn1cnc(CCN)c1)c1ccc(Cl)cc1. The van der Waals surface area contributed by atoms with Crippen molar-refractivity contribution < 1.29 is 0 Å². The molecule has 4 nitrogen and oxygen atoms in total. The summed E-state index contributed by atoms with van der Waals surface area (Å²) >= 11 is 5.94. The largest absolute Gasteiger partial charge is 0.337 e. The van der Waals surface area contributed by atoms with Gasteiger partial charge in [-0.3, -0.25) is 0 Å². The van der Waals surface area contributed by atoms with Crippen LogP contribution in [0.1, 0.15) is 31.5 Å². The molecule has 0 aliphatic heterocycles. The van der Waals surface area contributed by atoms with Crippen LogP contribution < -0.4 is 11.1 Å². The fraction of sp³-hybridized carbons (Fsp3) is 0.471. The third-order valence-electron chi connectivity index (χ3n) is 3.81. The van der Waals surface area contributed by atoms with Crippen LogP contribution in [-0.4, -0.2) is 22.6 Å². The topological polar surface area (TPSA) is 55.9 Å². The predicted molar refractivity (Wildman–Crippen MR) is 92.1 cm³/mol. The maximum atomic E-state index is 5.94. The number of hydrogen-bond donors (Lipinski definition) is 2. The third kappa shape index (κ3) is 4.83. The number of halogens is 1. The summed E-state index contributed by atoms with van der Waals surface area (Å²) in [4.78, 5) is 4.34. The van der Waals surface area contributed by atoms with E-state index in [-0.39, 0.29) is 5.54 Å². The lowest BCUT2D eigenvalue weighted by atomic mass is 9.94. The van der Waals surface area contributed by atoms with E-state index in [4.69, 9.17) is 17.3 Å². The van der Waals surface area contributed by atoms with Crippen molar-refractivity contribution >= 4 is 11.6 Å². The summed E-state index contributed by atoms with van der Waals surface area (Å²) in [5, 5.41) is 4.37. The van der Waals surface area contributed by atoms with Gasteiger partial charge in [-0.2, -0.15) is 0 Å². The number of nitrogens with two attached hydrogens (primary N) is 1. The summed E-state index contributed by atoms with van der Waals surface area (Å²) in [6.45, 7) is 6.93. The lowest BCUT2D eigenvalue weighted by molar-refractivity contribution is 0.393.